The number of carboxylic acids is 1. The highest BCUT2D eigenvalue weighted by Crippen LogP contribution is 2.28. The third-order valence-corrected chi connectivity index (χ3v) is 6.34. The van der Waals surface area contributed by atoms with Crippen molar-refractivity contribution in [3.05, 3.63) is 41.5 Å². The number of hydrogen-bond acceptors (Lipinski definition) is 8. The summed E-state index contributed by atoms with van der Waals surface area (Å²) in [6.45, 7) is 4.65. The molecule has 0 bridgehead atoms. The Kier molecular flexibility index (Phi) is 10.4. The molecule has 0 spiro atoms. The average Bonchev–Trinajstić information content (AvgIpc) is 2.88. The molecule has 3 N–H and O–H groups in total. The number of halogens is 3. The Morgan fingerprint density at radius 1 is 1.27 bits per heavy atom. The number of rotatable bonds is 14. The van der Waals surface area contributed by atoms with Gasteiger partial charge in [0.25, 0.3) is 0 Å². The van der Waals surface area contributed by atoms with Crippen LogP contribution < -0.4 is 10.6 Å². The zero-order chi connectivity index (χ0) is 26.8. The number of nitrogens with zero attached hydrogens (tertiary/aromatic N) is 4. The Balaban J connectivity index is 1.53. The molecule has 2 aromatic rings. The number of aliphatic carboxylic acids is 1. The number of ether oxygens (including phenoxy) is 1. The highest BCUT2D eigenvalue weighted by molar-refractivity contribution is 5.76. The molecule has 0 saturated carbocycles. The van der Waals surface area contributed by atoms with Gasteiger partial charge in [0.1, 0.15) is 29.7 Å². The Morgan fingerprint density at radius 2 is 2.08 bits per heavy atom. The minimum absolute atomic E-state index is 0.0548. The van der Waals surface area contributed by atoms with E-state index in [0.29, 0.717) is 19.2 Å². The SMILES string of the molecule is CO[C@H](C)CN(CCCCc1ccc2c(n1)NCCC2)CC[C@H](Nc1cc(C(F)(F)F)ncn1)C(=O)O. The second-order valence-corrected chi connectivity index (χ2v) is 9.25. The Labute approximate surface area is 214 Å². The first kappa shape index (κ1) is 28.6. The van der Waals surface area contributed by atoms with E-state index < -0.39 is 23.9 Å². The summed E-state index contributed by atoms with van der Waals surface area (Å²) in [6, 6.07) is 3.83. The molecular formula is C25H35F3N6O3. The van der Waals surface area contributed by atoms with Crippen molar-refractivity contribution >= 4 is 17.6 Å². The number of alkyl halides is 3. The lowest BCUT2D eigenvalue weighted by molar-refractivity contribution is -0.141. The fourth-order valence-corrected chi connectivity index (χ4v) is 4.22. The molecule has 37 heavy (non-hydrogen) atoms. The number of fused-ring (bicyclic) bond motifs is 1. The molecule has 0 aromatic carbocycles. The number of nitrogens with one attached hydrogen (secondary N) is 2. The number of pyridine rings is 1. The smallest absolute Gasteiger partial charge is 0.433 e. The van der Waals surface area contributed by atoms with E-state index in [1.807, 2.05) is 6.92 Å². The molecule has 0 aliphatic carbocycles. The first-order valence-electron chi connectivity index (χ1n) is 12.5. The Hall–Kier alpha value is -2.99. The number of unbranched alkanes of at least 4 members (excludes halogenated alkanes) is 1. The molecule has 0 saturated heterocycles. The summed E-state index contributed by atoms with van der Waals surface area (Å²) in [5.74, 6) is -0.366. The molecule has 1 aliphatic heterocycles. The van der Waals surface area contributed by atoms with Gasteiger partial charge in [0.2, 0.25) is 0 Å². The van der Waals surface area contributed by atoms with Crippen LogP contribution in [0.5, 0.6) is 0 Å². The summed E-state index contributed by atoms with van der Waals surface area (Å²) in [5, 5.41) is 15.6. The van der Waals surface area contributed by atoms with Gasteiger partial charge in [0.05, 0.1) is 6.10 Å². The molecule has 3 rings (SSSR count). The zero-order valence-electron chi connectivity index (χ0n) is 21.2. The van der Waals surface area contributed by atoms with Gasteiger partial charge in [-0.2, -0.15) is 13.2 Å². The van der Waals surface area contributed by atoms with Gasteiger partial charge in [-0.1, -0.05) is 6.07 Å². The number of carbonyl (C=O) groups is 1. The van der Waals surface area contributed by atoms with Gasteiger partial charge in [-0.05, 0) is 63.6 Å². The number of aryl methyl sites for hydroxylation is 2. The topological polar surface area (TPSA) is 113 Å². The average molecular weight is 525 g/mol. The third kappa shape index (κ3) is 9.12. The van der Waals surface area contributed by atoms with E-state index in [0.717, 1.165) is 63.0 Å². The normalized spacial score (nSPS) is 15.1. The number of aromatic nitrogens is 3. The van der Waals surface area contributed by atoms with Crippen molar-refractivity contribution in [1.29, 1.82) is 0 Å². The van der Waals surface area contributed by atoms with Crippen LogP contribution in [-0.2, 0) is 28.5 Å². The van der Waals surface area contributed by atoms with Gasteiger partial charge in [-0.15, -0.1) is 0 Å². The largest absolute Gasteiger partial charge is 0.480 e. The minimum Gasteiger partial charge on any atom is -0.480 e. The summed E-state index contributed by atoms with van der Waals surface area (Å²) in [6.07, 6.45) is 1.07. The highest BCUT2D eigenvalue weighted by Gasteiger charge is 2.33. The maximum atomic E-state index is 12.9. The molecule has 9 nitrogen and oxygen atoms in total. The van der Waals surface area contributed by atoms with E-state index in [1.54, 1.807) is 7.11 Å². The van der Waals surface area contributed by atoms with Gasteiger partial charge in [0.15, 0.2) is 0 Å². The van der Waals surface area contributed by atoms with Crippen LogP contribution >= 0.6 is 0 Å². The van der Waals surface area contributed by atoms with Crippen LogP contribution in [0.25, 0.3) is 0 Å². The minimum atomic E-state index is -4.64. The maximum absolute atomic E-state index is 12.9. The van der Waals surface area contributed by atoms with Crippen LogP contribution in [0, 0.1) is 0 Å². The van der Waals surface area contributed by atoms with E-state index >= 15 is 0 Å². The lowest BCUT2D eigenvalue weighted by atomic mass is 10.1. The number of anilines is 2. The summed E-state index contributed by atoms with van der Waals surface area (Å²) in [5.41, 5.74) is 1.17. The Morgan fingerprint density at radius 3 is 2.81 bits per heavy atom. The third-order valence-electron chi connectivity index (χ3n) is 6.34. The number of carboxylic acid groups (broad SMARTS) is 1. The van der Waals surface area contributed by atoms with Crippen molar-refractivity contribution in [3.8, 4) is 0 Å². The Bertz CT molecular complexity index is 1020. The monoisotopic (exact) mass is 524 g/mol. The zero-order valence-corrected chi connectivity index (χ0v) is 21.2. The van der Waals surface area contributed by atoms with Crippen molar-refractivity contribution in [2.45, 2.75) is 63.8 Å². The van der Waals surface area contributed by atoms with Crippen molar-refractivity contribution in [2.75, 3.05) is 43.9 Å². The van der Waals surface area contributed by atoms with Gasteiger partial charge in [-0.25, -0.2) is 19.7 Å². The van der Waals surface area contributed by atoms with Crippen LogP contribution in [0.4, 0.5) is 24.8 Å². The predicted molar refractivity (Wildman–Crippen MR) is 134 cm³/mol. The first-order valence-corrected chi connectivity index (χ1v) is 12.5. The molecule has 1 aliphatic rings. The van der Waals surface area contributed by atoms with Gasteiger partial charge >= 0.3 is 12.1 Å². The van der Waals surface area contributed by atoms with E-state index in [1.165, 1.54) is 5.56 Å². The van der Waals surface area contributed by atoms with Crippen LogP contribution in [0.1, 0.15) is 49.6 Å². The van der Waals surface area contributed by atoms with Gasteiger partial charge in [0, 0.05) is 38.5 Å². The molecule has 0 amide bonds. The van der Waals surface area contributed by atoms with Crippen LogP contribution in [0.3, 0.4) is 0 Å². The lowest BCUT2D eigenvalue weighted by Gasteiger charge is -2.27. The summed E-state index contributed by atoms with van der Waals surface area (Å²) < 4.78 is 44.2. The van der Waals surface area contributed by atoms with Crippen LogP contribution in [0.2, 0.25) is 0 Å². The summed E-state index contributed by atoms with van der Waals surface area (Å²) >= 11 is 0. The van der Waals surface area contributed by atoms with E-state index in [2.05, 4.69) is 37.6 Å². The molecule has 0 radical (unpaired) electrons. The molecular weight excluding hydrogens is 489 g/mol. The van der Waals surface area contributed by atoms with Gasteiger partial charge < -0.3 is 25.4 Å². The molecule has 3 heterocycles. The summed E-state index contributed by atoms with van der Waals surface area (Å²) in [4.78, 5) is 25.6. The van der Waals surface area contributed by atoms with E-state index in [4.69, 9.17) is 9.72 Å². The van der Waals surface area contributed by atoms with Crippen LogP contribution in [-0.4, -0.2) is 76.4 Å². The summed E-state index contributed by atoms with van der Waals surface area (Å²) in [7, 11) is 1.62. The molecule has 204 valence electrons. The van der Waals surface area contributed by atoms with E-state index in [9.17, 15) is 23.1 Å². The van der Waals surface area contributed by atoms with Crippen molar-refractivity contribution in [3.63, 3.8) is 0 Å². The molecule has 2 atom stereocenters. The first-order chi connectivity index (χ1) is 17.7. The quantitative estimate of drug-likeness (QED) is 0.317. The number of hydrogen-bond donors (Lipinski definition) is 3. The predicted octanol–water partition coefficient (Wildman–Crippen LogP) is 3.86. The fraction of sp³-hybridized carbons (Fsp3) is 0.600. The number of methoxy groups -OCH3 is 1. The fourth-order valence-electron chi connectivity index (χ4n) is 4.22. The van der Waals surface area contributed by atoms with E-state index in [-0.39, 0.29) is 18.3 Å². The lowest BCUT2D eigenvalue weighted by Crippen LogP contribution is -2.38. The van der Waals surface area contributed by atoms with Crippen molar-refractivity contribution in [1.82, 2.24) is 19.9 Å². The maximum Gasteiger partial charge on any atom is 0.433 e. The van der Waals surface area contributed by atoms with Gasteiger partial charge in [-0.3, -0.25) is 0 Å². The standard InChI is InChI=1S/C25H35F3N6O3/c1-17(37-2)15-34(12-4-3-7-19-9-8-18-6-5-11-29-23(18)32-19)13-10-20(24(35)36)33-22-14-21(25(26,27)28)30-16-31-22/h8-9,14,16-17,20H,3-7,10-13,15H2,1-2H3,(H,29,32)(H,35,36)(H,30,31,33)/t17-,20+/m1/s1. The molecule has 0 fully saturated rings. The second-order valence-electron chi connectivity index (χ2n) is 9.25. The molecule has 0 unspecified atom stereocenters. The molecule has 12 heteroatoms. The highest BCUT2D eigenvalue weighted by atomic mass is 19.4. The second kappa shape index (κ2) is 13.5. The molecule has 2 aromatic heterocycles. The van der Waals surface area contributed by atoms with Crippen LogP contribution in [0.15, 0.2) is 24.5 Å². The van der Waals surface area contributed by atoms with Crippen molar-refractivity contribution < 1.29 is 27.8 Å². The van der Waals surface area contributed by atoms with Crippen molar-refractivity contribution in [2.24, 2.45) is 0 Å².